The summed E-state index contributed by atoms with van der Waals surface area (Å²) in [6.07, 6.45) is 6.42. The maximum atomic E-state index is 12.6. The van der Waals surface area contributed by atoms with Crippen LogP contribution in [0.25, 0.3) is 0 Å². The zero-order valence-corrected chi connectivity index (χ0v) is 14.1. The van der Waals surface area contributed by atoms with E-state index in [-0.39, 0.29) is 36.2 Å². The lowest BCUT2D eigenvalue weighted by Crippen LogP contribution is -2.35. The summed E-state index contributed by atoms with van der Waals surface area (Å²) < 4.78 is 5.77. The number of nitrogens with one attached hydrogen (secondary N) is 1. The summed E-state index contributed by atoms with van der Waals surface area (Å²) in [5.74, 6) is -0.0112. The zero-order valence-electron chi connectivity index (χ0n) is 14.1. The van der Waals surface area contributed by atoms with Crippen LogP contribution in [-0.4, -0.2) is 57.5 Å². The Hall–Kier alpha value is -2.87. The fourth-order valence-electron chi connectivity index (χ4n) is 3.54. The van der Waals surface area contributed by atoms with Gasteiger partial charge >= 0.3 is 0 Å². The molecule has 8 heteroatoms. The van der Waals surface area contributed by atoms with Crippen LogP contribution in [0.1, 0.15) is 5.69 Å². The summed E-state index contributed by atoms with van der Waals surface area (Å²) in [5, 5.41) is 2.77. The Morgan fingerprint density at radius 2 is 2.12 bits per heavy atom. The molecule has 0 bridgehead atoms. The Morgan fingerprint density at radius 3 is 2.88 bits per heavy atom. The largest absolute Gasteiger partial charge is 0.375 e. The van der Waals surface area contributed by atoms with Crippen LogP contribution in [0.4, 0.5) is 5.82 Å². The molecule has 0 radical (unpaired) electrons. The van der Waals surface area contributed by atoms with Crippen molar-refractivity contribution in [2.24, 2.45) is 11.8 Å². The number of hydrogen-bond acceptors (Lipinski definition) is 6. The van der Waals surface area contributed by atoms with Gasteiger partial charge in [-0.3, -0.25) is 19.6 Å². The molecule has 0 aliphatic carbocycles. The van der Waals surface area contributed by atoms with Crippen LogP contribution < -0.4 is 5.32 Å². The number of aromatic nitrogens is 3. The highest BCUT2D eigenvalue weighted by atomic mass is 16.5. The highest BCUT2D eigenvalue weighted by Crippen LogP contribution is 2.34. The highest BCUT2D eigenvalue weighted by Gasteiger charge is 2.48. The summed E-state index contributed by atoms with van der Waals surface area (Å²) in [4.78, 5) is 39.0. The molecule has 4 rings (SSSR count). The summed E-state index contributed by atoms with van der Waals surface area (Å²) in [7, 11) is 0. The Balaban J connectivity index is 1.37. The van der Waals surface area contributed by atoms with Gasteiger partial charge in [0.05, 0.1) is 31.2 Å². The molecule has 8 nitrogen and oxygen atoms in total. The topological polar surface area (TPSA) is 97.3 Å². The molecular formula is C18H19N5O3. The van der Waals surface area contributed by atoms with Crippen LogP contribution in [0.2, 0.25) is 0 Å². The first-order chi connectivity index (χ1) is 12.7. The molecule has 2 saturated heterocycles. The Morgan fingerprint density at radius 1 is 1.19 bits per heavy atom. The van der Waals surface area contributed by atoms with E-state index in [0.717, 1.165) is 5.69 Å². The van der Waals surface area contributed by atoms with Gasteiger partial charge in [-0.05, 0) is 12.1 Å². The molecule has 3 atom stereocenters. The number of anilines is 1. The normalized spacial score (nSPS) is 24.3. The van der Waals surface area contributed by atoms with Crippen molar-refractivity contribution in [1.29, 1.82) is 0 Å². The Labute approximate surface area is 150 Å². The minimum Gasteiger partial charge on any atom is -0.375 e. The maximum absolute atomic E-state index is 12.6. The van der Waals surface area contributed by atoms with E-state index in [1.165, 1.54) is 12.4 Å². The number of hydrogen-bond donors (Lipinski definition) is 1. The van der Waals surface area contributed by atoms with Crippen LogP contribution in [-0.2, 0) is 20.7 Å². The van der Waals surface area contributed by atoms with Gasteiger partial charge in [-0.15, -0.1) is 0 Å². The van der Waals surface area contributed by atoms with E-state index >= 15 is 0 Å². The van der Waals surface area contributed by atoms with Gasteiger partial charge in [0.15, 0.2) is 5.82 Å². The molecule has 2 aromatic heterocycles. The lowest BCUT2D eigenvalue weighted by molar-refractivity contribution is -0.131. The first-order valence-electron chi connectivity index (χ1n) is 8.57. The van der Waals surface area contributed by atoms with Crippen molar-refractivity contribution in [2.75, 3.05) is 25.0 Å². The SMILES string of the molecule is O=C(Nc1cnccn1)[C@@H]1CO[C@@H]2CN(C(=O)Cc3ccccn3)C[C@H]21. The van der Waals surface area contributed by atoms with Crippen molar-refractivity contribution in [2.45, 2.75) is 12.5 Å². The Kier molecular flexibility index (Phi) is 4.57. The quantitative estimate of drug-likeness (QED) is 0.861. The molecule has 4 heterocycles. The second-order valence-electron chi connectivity index (χ2n) is 6.52. The fourth-order valence-corrected chi connectivity index (χ4v) is 3.54. The van der Waals surface area contributed by atoms with E-state index in [2.05, 4.69) is 20.3 Å². The molecule has 0 saturated carbocycles. The molecule has 0 aromatic carbocycles. The smallest absolute Gasteiger partial charge is 0.231 e. The first-order valence-corrected chi connectivity index (χ1v) is 8.57. The second-order valence-corrected chi connectivity index (χ2v) is 6.52. The number of carbonyl (C=O) groups excluding carboxylic acids is 2. The van der Waals surface area contributed by atoms with Gasteiger partial charge in [-0.1, -0.05) is 6.07 Å². The van der Waals surface area contributed by atoms with Crippen molar-refractivity contribution < 1.29 is 14.3 Å². The molecule has 134 valence electrons. The summed E-state index contributed by atoms with van der Waals surface area (Å²) >= 11 is 0. The van der Waals surface area contributed by atoms with Crippen molar-refractivity contribution in [3.05, 3.63) is 48.7 Å². The molecule has 1 N–H and O–H groups in total. The van der Waals surface area contributed by atoms with Crippen molar-refractivity contribution in [3.63, 3.8) is 0 Å². The summed E-state index contributed by atoms with van der Waals surface area (Å²) in [6, 6.07) is 5.52. The number of amides is 2. The number of pyridine rings is 1. The highest BCUT2D eigenvalue weighted by molar-refractivity contribution is 5.92. The van der Waals surface area contributed by atoms with Gasteiger partial charge in [0.1, 0.15) is 0 Å². The summed E-state index contributed by atoms with van der Waals surface area (Å²) in [5.41, 5.74) is 0.743. The van der Waals surface area contributed by atoms with E-state index in [4.69, 9.17) is 4.74 Å². The van der Waals surface area contributed by atoms with E-state index in [1.54, 1.807) is 17.3 Å². The predicted molar refractivity (Wildman–Crippen MR) is 91.9 cm³/mol. The van der Waals surface area contributed by atoms with Crippen LogP contribution in [0.3, 0.4) is 0 Å². The lowest BCUT2D eigenvalue weighted by atomic mass is 9.92. The van der Waals surface area contributed by atoms with Gasteiger partial charge in [-0.2, -0.15) is 0 Å². The number of likely N-dealkylation sites (tertiary alicyclic amines) is 1. The lowest BCUT2D eigenvalue weighted by Gasteiger charge is -2.19. The number of rotatable bonds is 4. The van der Waals surface area contributed by atoms with Crippen LogP contribution in [0.15, 0.2) is 43.0 Å². The molecule has 2 aromatic rings. The average molecular weight is 353 g/mol. The molecule has 2 aliphatic heterocycles. The standard InChI is InChI=1S/C18H19N5O3/c24-17(7-12-3-1-2-4-20-12)23-9-13-14(11-26-15(13)10-23)18(25)22-16-8-19-5-6-21-16/h1-6,8,13-15H,7,9-11H2,(H,21,22,25)/t13-,14+,15+/m0/s1. The average Bonchev–Trinajstić information content (AvgIpc) is 3.24. The molecule has 0 unspecified atom stereocenters. The second kappa shape index (κ2) is 7.17. The third-order valence-electron chi connectivity index (χ3n) is 4.88. The van der Waals surface area contributed by atoms with Gasteiger partial charge in [0, 0.05) is 43.3 Å². The van der Waals surface area contributed by atoms with E-state index in [9.17, 15) is 9.59 Å². The third-order valence-corrected chi connectivity index (χ3v) is 4.88. The van der Waals surface area contributed by atoms with E-state index < -0.39 is 0 Å². The number of nitrogens with zero attached hydrogens (tertiary/aromatic N) is 4. The zero-order chi connectivity index (χ0) is 17.9. The molecule has 2 fully saturated rings. The molecular weight excluding hydrogens is 334 g/mol. The van der Waals surface area contributed by atoms with Crippen molar-refractivity contribution >= 4 is 17.6 Å². The van der Waals surface area contributed by atoms with Gasteiger partial charge in [0.2, 0.25) is 11.8 Å². The van der Waals surface area contributed by atoms with Crippen molar-refractivity contribution in [3.8, 4) is 0 Å². The van der Waals surface area contributed by atoms with E-state index in [1.807, 2.05) is 18.2 Å². The van der Waals surface area contributed by atoms with Crippen LogP contribution >= 0.6 is 0 Å². The van der Waals surface area contributed by atoms with Crippen molar-refractivity contribution in [1.82, 2.24) is 19.9 Å². The molecule has 0 spiro atoms. The molecule has 2 amide bonds. The molecule has 2 aliphatic rings. The Bertz CT molecular complexity index is 786. The first kappa shape index (κ1) is 16.6. The number of carbonyl (C=O) groups is 2. The van der Waals surface area contributed by atoms with Gasteiger partial charge in [0.25, 0.3) is 0 Å². The monoisotopic (exact) mass is 353 g/mol. The number of ether oxygens (including phenoxy) is 1. The van der Waals surface area contributed by atoms with Crippen LogP contribution in [0.5, 0.6) is 0 Å². The van der Waals surface area contributed by atoms with Crippen LogP contribution in [0, 0.1) is 11.8 Å². The van der Waals surface area contributed by atoms with Gasteiger partial charge in [-0.25, -0.2) is 4.98 Å². The fraction of sp³-hybridized carbons (Fsp3) is 0.389. The van der Waals surface area contributed by atoms with E-state index in [0.29, 0.717) is 25.5 Å². The predicted octanol–water partition coefficient (Wildman–Crippen LogP) is 0.526. The maximum Gasteiger partial charge on any atom is 0.231 e. The minimum absolute atomic E-state index is 0.000598. The molecule has 26 heavy (non-hydrogen) atoms. The summed E-state index contributed by atoms with van der Waals surface area (Å²) in [6.45, 7) is 1.41. The third kappa shape index (κ3) is 3.41. The minimum atomic E-state index is -0.297. The number of fused-ring (bicyclic) bond motifs is 1. The van der Waals surface area contributed by atoms with Gasteiger partial charge < -0.3 is 15.0 Å².